The molecule has 11 heteroatoms. The lowest BCUT2D eigenvalue weighted by molar-refractivity contribution is -0.168. The van der Waals surface area contributed by atoms with Crippen LogP contribution in [0.25, 0.3) is 0 Å². The van der Waals surface area contributed by atoms with Gasteiger partial charge in [0.25, 0.3) is 0 Å². The number of carbonyl (C=O) groups is 1. The minimum absolute atomic E-state index is 0.0353. The fourth-order valence-corrected chi connectivity index (χ4v) is 6.00. The number of carbonyl (C=O) groups excluding carboxylic acids is 1. The van der Waals surface area contributed by atoms with Gasteiger partial charge in [-0.15, -0.1) is 0 Å². The van der Waals surface area contributed by atoms with Crippen molar-refractivity contribution in [1.29, 1.82) is 0 Å². The molecular weight excluding hydrogens is 498 g/mol. The fraction of sp³-hybridized carbons (Fsp3) is 0.400. The van der Waals surface area contributed by atoms with Gasteiger partial charge in [-0.05, 0) is 23.8 Å². The van der Waals surface area contributed by atoms with Gasteiger partial charge >= 0.3 is 5.25 Å². The third kappa shape index (κ3) is 3.52. The van der Waals surface area contributed by atoms with Crippen LogP contribution in [0.4, 0.5) is 8.78 Å². The highest BCUT2D eigenvalue weighted by molar-refractivity contribution is 9.09. The number of halogens is 3. The van der Waals surface area contributed by atoms with E-state index in [1.54, 1.807) is 36.4 Å². The number of amides is 1. The number of benzene rings is 1. The molecule has 1 aromatic heterocycles. The number of likely N-dealkylation sites (tertiary alicyclic amines) is 1. The number of rotatable bonds is 7. The Balaban J connectivity index is 1.75. The number of pyridine rings is 1. The van der Waals surface area contributed by atoms with Gasteiger partial charge in [0.05, 0.1) is 23.9 Å². The van der Waals surface area contributed by atoms with E-state index in [1.165, 1.54) is 24.3 Å². The van der Waals surface area contributed by atoms with E-state index in [-0.39, 0.29) is 18.3 Å². The second-order valence-corrected chi connectivity index (χ2v) is 9.51. The van der Waals surface area contributed by atoms with Gasteiger partial charge in [-0.2, -0.15) is 8.78 Å². The number of ether oxygens (including phenoxy) is 2. The van der Waals surface area contributed by atoms with Crippen LogP contribution in [-0.2, 0) is 22.4 Å². The van der Waals surface area contributed by atoms with Crippen LogP contribution in [0, 0.1) is 5.92 Å². The average molecular weight is 517 g/mol. The molecule has 31 heavy (non-hydrogen) atoms. The van der Waals surface area contributed by atoms with Crippen LogP contribution in [0.3, 0.4) is 0 Å². The molecule has 7 nitrogen and oxygen atoms in total. The predicted molar refractivity (Wildman–Crippen MR) is 111 cm³/mol. The third-order valence-electron chi connectivity index (χ3n) is 5.77. The minimum Gasteiger partial charge on any atom is -0.497 e. The van der Waals surface area contributed by atoms with Crippen molar-refractivity contribution in [2.24, 2.45) is 5.92 Å². The van der Waals surface area contributed by atoms with E-state index in [1.807, 2.05) is 0 Å². The summed E-state index contributed by atoms with van der Waals surface area (Å²) < 4.78 is 62.6. The molecule has 2 aliphatic rings. The van der Waals surface area contributed by atoms with E-state index in [2.05, 4.69) is 20.9 Å². The number of piperidine rings is 1. The molecule has 1 saturated carbocycles. The number of alkyl halides is 3. The maximum atomic E-state index is 15.3. The first-order valence-electron chi connectivity index (χ1n) is 9.37. The molecule has 166 valence electrons. The Morgan fingerprint density at radius 3 is 2.58 bits per heavy atom. The minimum atomic E-state index is -4.16. The molecular formula is C20H19BrF2N2O5S. The van der Waals surface area contributed by atoms with E-state index in [4.69, 9.17) is 9.47 Å². The highest BCUT2D eigenvalue weighted by Crippen LogP contribution is 2.57. The van der Waals surface area contributed by atoms with Crippen LogP contribution in [0.15, 0.2) is 48.7 Å². The molecule has 2 heterocycles. The van der Waals surface area contributed by atoms with Crippen LogP contribution in [0.1, 0.15) is 12.0 Å². The summed E-state index contributed by atoms with van der Waals surface area (Å²) in [7, 11) is 1.52. The molecule has 4 rings (SSSR count). The standard InChI is InChI=1S/C20H19BrF2N2O5S/c1-29-13-7-5-12(6-8-13)11-25-17-16(21)14(18(25)26)10-19(17,20(22,23)31(27)28)30-15-4-2-3-9-24-15/h2-9,14,16-17H,10-11H2,1H3,(H,27,28). The van der Waals surface area contributed by atoms with Gasteiger partial charge in [0, 0.05) is 25.2 Å². The zero-order valence-electron chi connectivity index (χ0n) is 16.3. The largest absolute Gasteiger partial charge is 0.497 e. The van der Waals surface area contributed by atoms with Crippen LogP contribution in [0.5, 0.6) is 11.6 Å². The predicted octanol–water partition coefficient (Wildman–Crippen LogP) is 3.22. The van der Waals surface area contributed by atoms with Crippen LogP contribution in [-0.4, -0.2) is 53.4 Å². The summed E-state index contributed by atoms with van der Waals surface area (Å²) >= 11 is -0.152. The first-order valence-corrected chi connectivity index (χ1v) is 11.4. The van der Waals surface area contributed by atoms with E-state index in [0.29, 0.717) is 11.3 Å². The molecule has 1 aliphatic carbocycles. The lowest BCUT2D eigenvalue weighted by atomic mass is 9.91. The lowest BCUT2D eigenvalue weighted by Gasteiger charge is -2.45. The smallest absolute Gasteiger partial charge is 0.385 e. The number of hydrogen-bond acceptors (Lipinski definition) is 5. The first-order chi connectivity index (χ1) is 14.7. The van der Waals surface area contributed by atoms with Crippen LogP contribution >= 0.6 is 15.9 Å². The second-order valence-electron chi connectivity index (χ2n) is 7.44. The van der Waals surface area contributed by atoms with Crippen molar-refractivity contribution >= 4 is 32.9 Å². The van der Waals surface area contributed by atoms with E-state index in [9.17, 15) is 13.6 Å². The van der Waals surface area contributed by atoms with Crippen molar-refractivity contribution in [1.82, 2.24) is 9.88 Å². The zero-order chi connectivity index (χ0) is 22.4. The molecule has 2 aromatic rings. The molecule has 1 amide bonds. The van der Waals surface area contributed by atoms with Gasteiger partial charge in [-0.1, -0.05) is 34.1 Å². The molecule has 5 atom stereocenters. The Kier molecular flexibility index (Phi) is 5.78. The van der Waals surface area contributed by atoms with Gasteiger partial charge in [0.15, 0.2) is 0 Å². The first kappa shape index (κ1) is 22.1. The summed E-state index contributed by atoms with van der Waals surface area (Å²) in [5.74, 6) is -0.646. The highest BCUT2D eigenvalue weighted by Gasteiger charge is 2.77. The highest BCUT2D eigenvalue weighted by atomic mass is 79.9. The summed E-state index contributed by atoms with van der Waals surface area (Å²) in [4.78, 5) is 17.5. The van der Waals surface area contributed by atoms with Crippen molar-refractivity contribution in [3.8, 4) is 11.6 Å². The molecule has 1 N–H and O–H groups in total. The van der Waals surface area contributed by atoms with Crippen LogP contribution in [0.2, 0.25) is 0 Å². The zero-order valence-corrected chi connectivity index (χ0v) is 18.7. The summed E-state index contributed by atoms with van der Waals surface area (Å²) in [5.41, 5.74) is -1.73. The van der Waals surface area contributed by atoms with Gasteiger partial charge in [-0.3, -0.25) is 4.79 Å². The van der Waals surface area contributed by atoms with Gasteiger partial charge < -0.3 is 18.9 Å². The van der Waals surface area contributed by atoms with E-state index < -0.39 is 45.1 Å². The Morgan fingerprint density at radius 2 is 2.03 bits per heavy atom. The number of hydrogen-bond donors (Lipinski definition) is 1. The van der Waals surface area contributed by atoms with Crippen molar-refractivity contribution < 1.29 is 31.8 Å². The van der Waals surface area contributed by atoms with Gasteiger partial charge in [0.1, 0.15) is 5.75 Å². The summed E-state index contributed by atoms with van der Waals surface area (Å²) in [6, 6.07) is 10.2. The third-order valence-corrected chi connectivity index (χ3v) is 7.69. The number of fused-ring (bicyclic) bond motifs is 2. The summed E-state index contributed by atoms with van der Waals surface area (Å²) in [6.45, 7) is 0.0353. The monoisotopic (exact) mass is 516 g/mol. The van der Waals surface area contributed by atoms with Gasteiger partial charge in [-0.25, -0.2) is 9.19 Å². The van der Waals surface area contributed by atoms with E-state index in [0.717, 1.165) is 0 Å². The molecule has 1 aromatic carbocycles. The van der Waals surface area contributed by atoms with Crippen LogP contribution < -0.4 is 9.47 Å². The Bertz CT molecular complexity index is 997. The Morgan fingerprint density at radius 1 is 1.32 bits per heavy atom. The van der Waals surface area contributed by atoms with Crippen molar-refractivity contribution in [2.75, 3.05) is 7.11 Å². The Labute approximate surface area is 188 Å². The molecule has 2 fully saturated rings. The van der Waals surface area contributed by atoms with Crippen molar-refractivity contribution in [2.45, 2.75) is 34.7 Å². The second kappa shape index (κ2) is 8.10. The molecule has 2 bridgehead atoms. The Hall–Kier alpha value is -2.11. The summed E-state index contributed by atoms with van der Waals surface area (Å²) in [5, 5.41) is -4.16. The van der Waals surface area contributed by atoms with Crippen molar-refractivity contribution in [3.63, 3.8) is 0 Å². The number of methoxy groups -OCH3 is 1. The normalized spacial score (nSPS) is 28.6. The van der Waals surface area contributed by atoms with Gasteiger partial charge in [0.2, 0.25) is 28.5 Å². The molecule has 1 saturated heterocycles. The molecule has 0 spiro atoms. The quantitative estimate of drug-likeness (QED) is 0.449. The average Bonchev–Trinajstić information content (AvgIpc) is 3.17. The summed E-state index contributed by atoms with van der Waals surface area (Å²) in [6.07, 6.45) is 0.956. The van der Waals surface area contributed by atoms with Crippen molar-refractivity contribution in [3.05, 3.63) is 54.2 Å². The topological polar surface area (TPSA) is 89.0 Å². The maximum Gasteiger partial charge on any atom is 0.385 e. The SMILES string of the molecule is COc1ccc(CN2C(=O)C3CC(Oc4ccccn4)(C(F)(F)S(=O)O)C2C3Br)cc1. The molecule has 0 radical (unpaired) electrons. The number of aromatic nitrogens is 1. The lowest BCUT2D eigenvalue weighted by Crippen LogP contribution is -2.67. The maximum absolute atomic E-state index is 15.3. The molecule has 5 unspecified atom stereocenters. The van der Waals surface area contributed by atoms with E-state index >= 15 is 8.78 Å². The number of nitrogens with zero attached hydrogens (tertiary/aromatic N) is 2. The fourth-order valence-electron chi connectivity index (χ4n) is 4.33. The molecule has 1 aliphatic heterocycles.